The molecule has 1 aliphatic heterocycles. The summed E-state index contributed by atoms with van der Waals surface area (Å²) in [5.41, 5.74) is 0.737. The summed E-state index contributed by atoms with van der Waals surface area (Å²) < 4.78 is 5.85. The van der Waals surface area contributed by atoms with Crippen LogP contribution in [0.1, 0.15) is 55.0 Å². The van der Waals surface area contributed by atoms with Crippen LogP contribution in [0.4, 0.5) is 0 Å². The van der Waals surface area contributed by atoms with Crippen LogP contribution in [0.2, 0.25) is 0 Å². The monoisotopic (exact) mass is 335 g/mol. The third kappa shape index (κ3) is 4.61. The number of hydrogen-bond donors (Lipinski definition) is 0. The molecule has 5 heteroatoms. The van der Waals surface area contributed by atoms with E-state index in [1.54, 1.807) is 0 Å². The number of nitrogens with zero attached hydrogens (tertiary/aromatic N) is 3. The summed E-state index contributed by atoms with van der Waals surface area (Å²) in [6.07, 6.45) is 3.27. The second-order valence-corrected chi connectivity index (χ2v) is 6.98. The highest BCUT2D eigenvalue weighted by Crippen LogP contribution is 2.21. The van der Waals surface area contributed by atoms with Crippen LogP contribution in [0, 0.1) is 6.92 Å². The first-order valence-corrected chi connectivity index (χ1v) is 9.23. The number of carbonyl (C=O) groups is 1. The highest BCUT2D eigenvalue weighted by molar-refractivity contribution is 5.95. The number of hydrogen-bond acceptors (Lipinski definition) is 4. The number of aryl methyl sites for hydroxylation is 1. The van der Waals surface area contributed by atoms with Gasteiger partial charge in [0, 0.05) is 19.1 Å². The zero-order valence-corrected chi connectivity index (χ0v) is 16.0. The zero-order valence-electron chi connectivity index (χ0n) is 16.0. The smallest absolute Gasteiger partial charge is 0.257 e. The molecule has 0 radical (unpaired) electrons. The van der Waals surface area contributed by atoms with Crippen molar-refractivity contribution in [2.24, 2.45) is 0 Å². The van der Waals surface area contributed by atoms with Gasteiger partial charge in [-0.15, -0.1) is 0 Å². The van der Waals surface area contributed by atoms with Crippen molar-refractivity contribution in [3.8, 4) is 0 Å². The molecule has 1 amide bonds. The van der Waals surface area contributed by atoms with E-state index in [0.29, 0.717) is 6.04 Å². The average molecular weight is 335 g/mol. The highest BCUT2D eigenvalue weighted by atomic mass is 16.3. The zero-order chi connectivity index (χ0) is 17.7. The maximum atomic E-state index is 12.9. The predicted molar refractivity (Wildman–Crippen MR) is 97.3 cm³/mol. The molecule has 1 aromatic heterocycles. The van der Waals surface area contributed by atoms with Crippen molar-refractivity contribution in [2.45, 2.75) is 52.6 Å². The molecule has 1 saturated heterocycles. The van der Waals surface area contributed by atoms with E-state index < -0.39 is 0 Å². The Morgan fingerprint density at radius 2 is 1.96 bits per heavy atom. The Bertz CT molecular complexity index is 535. The molecule has 1 aliphatic rings. The van der Waals surface area contributed by atoms with Gasteiger partial charge in [0.25, 0.3) is 5.91 Å². The summed E-state index contributed by atoms with van der Waals surface area (Å²) in [7, 11) is 4.25. The minimum Gasteiger partial charge on any atom is -0.464 e. The lowest BCUT2D eigenvalue weighted by molar-refractivity contribution is 0.0757. The molecule has 0 N–H and O–H groups in total. The van der Waals surface area contributed by atoms with Crippen molar-refractivity contribution in [1.82, 2.24) is 14.7 Å². The molecule has 136 valence electrons. The normalized spacial score (nSPS) is 19.1. The maximum Gasteiger partial charge on any atom is 0.257 e. The molecule has 1 fully saturated rings. The van der Waals surface area contributed by atoms with Crippen molar-refractivity contribution < 1.29 is 9.21 Å². The largest absolute Gasteiger partial charge is 0.464 e. The third-order valence-electron chi connectivity index (χ3n) is 5.19. The minimum absolute atomic E-state index is 0.126. The van der Waals surface area contributed by atoms with Crippen molar-refractivity contribution in [3.05, 3.63) is 23.2 Å². The van der Waals surface area contributed by atoms with Gasteiger partial charge in [-0.3, -0.25) is 9.69 Å². The molecule has 2 rings (SSSR count). The lowest BCUT2D eigenvalue weighted by atomic mass is 10.1. The predicted octanol–water partition coefficient (Wildman–Crippen LogP) is 2.99. The van der Waals surface area contributed by atoms with Crippen LogP contribution in [-0.2, 0) is 6.54 Å². The Morgan fingerprint density at radius 3 is 2.58 bits per heavy atom. The molecular formula is C19H33N3O2. The van der Waals surface area contributed by atoms with Crippen molar-refractivity contribution in [2.75, 3.05) is 40.3 Å². The second kappa shape index (κ2) is 8.67. The Kier molecular flexibility index (Phi) is 6.87. The fraction of sp³-hybridized carbons (Fsp3) is 0.737. The van der Waals surface area contributed by atoms with Crippen molar-refractivity contribution in [1.29, 1.82) is 0 Å². The van der Waals surface area contributed by atoms with Gasteiger partial charge in [0.05, 0.1) is 12.1 Å². The Labute approximate surface area is 146 Å². The van der Waals surface area contributed by atoms with Crippen LogP contribution in [0.15, 0.2) is 10.5 Å². The van der Waals surface area contributed by atoms with Crippen LogP contribution in [0.3, 0.4) is 0 Å². The van der Waals surface area contributed by atoms with Gasteiger partial charge in [-0.1, -0.05) is 13.8 Å². The van der Waals surface area contributed by atoms with E-state index in [9.17, 15) is 4.79 Å². The summed E-state index contributed by atoms with van der Waals surface area (Å²) >= 11 is 0. The van der Waals surface area contributed by atoms with Gasteiger partial charge in [-0.05, 0) is 59.4 Å². The molecule has 0 aromatic carbocycles. The Hall–Kier alpha value is -1.33. The molecule has 1 aromatic rings. The van der Waals surface area contributed by atoms with Crippen molar-refractivity contribution in [3.63, 3.8) is 0 Å². The minimum atomic E-state index is 0.126. The summed E-state index contributed by atoms with van der Waals surface area (Å²) in [5, 5.41) is 0. The van der Waals surface area contributed by atoms with Gasteiger partial charge < -0.3 is 14.2 Å². The quantitative estimate of drug-likeness (QED) is 0.801. The maximum absolute atomic E-state index is 12.9. The topological polar surface area (TPSA) is 39.9 Å². The summed E-state index contributed by atoms with van der Waals surface area (Å²) in [6, 6.07) is 2.52. The first-order valence-electron chi connectivity index (χ1n) is 9.23. The molecule has 0 unspecified atom stereocenters. The number of likely N-dealkylation sites (tertiary alicyclic amines) is 1. The summed E-state index contributed by atoms with van der Waals surface area (Å²) in [6.45, 7) is 10.6. The van der Waals surface area contributed by atoms with E-state index >= 15 is 0 Å². The van der Waals surface area contributed by atoms with E-state index in [1.165, 1.54) is 0 Å². The van der Waals surface area contributed by atoms with Gasteiger partial charge in [0.1, 0.15) is 11.5 Å². The van der Waals surface area contributed by atoms with Gasteiger partial charge in [0.2, 0.25) is 0 Å². The van der Waals surface area contributed by atoms with E-state index in [4.69, 9.17) is 4.42 Å². The lowest BCUT2D eigenvalue weighted by Crippen LogP contribution is -2.34. The molecule has 0 aliphatic carbocycles. The fourth-order valence-corrected chi connectivity index (χ4v) is 3.47. The van der Waals surface area contributed by atoms with Crippen LogP contribution < -0.4 is 0 Å². The lowest BCUT2D eigenvalue weighted by Gasteiger charge is -2.23. The average Bonchev–Trinajstić information content (AvgIpc) is 2.76. The van der Waals surface area contributed by atoms with Crippen LogP contribution >= 0.6 is 0 Å². The molecule has 1 atom stereocenters. The van der Waals surface area contributed by atoms with E-state index in [-0.39, 0.29) is 5.91 Å². The molecule has 24 heavy (non-hydrogen) atoms. The molecule has 0 bridgehead atoms. The summed E-state index contributed by atoms with van der Waals surface area (Å²) in [5.74, 6) is 1.76. The third-order valence-corrected chi connectivity index (χ3v) is 5.19. The standard InChI is InChI=1S/C19H33N3O2/c1-6-21(7-2)14-17-13-18(15(3)24-17)19(23)22-11-8-9-16(10-12-22)20(4)5/h13,16H,6-12,14H2,1-5H3/t16-/m1/s1. The van der Waals surface area contributed by atoms with Crippen molar-refractivity contribution >= 4 is 5.91 Å². The van der Waals surface area contributed by atoms with Crippen LogP contribution in [0.25, 0.3) is 0 Å². The number of furan rings is 1. The van der Waals surface area contributed by atoms with E-state index in [1.807, 2.05) is 17.9 Å². The Morgan fingerprint density at radius 1 is 1.25 bits per heavy atom. The van der Waals surface area contributed by atoms with Gasteiger partial charge in [0.15, 0.2) is 0 Å². The number of carbonyl (C=O) groups excluding carboxylic acids is 1. The molecule has 2 heterocycles. The van der Waals surface area contributed by atoms with Crippen LogP contribution in [-0.4, -0.2) is 66.9 Å². The number of amides is 1. The SMILES string of the molecule is CCN(CC)Cc1cc(C(=O)N2CCC[C@@H](N(C)C)CC2)c(C)o1. The van der Waals surface area contributed by atoms with Gasteiger partial charge in [-0.25, -0.2) is 0 Å². The number of rotatable bonds is 6. The van der Waals surface area contributed by atoms with Gasteiger partial charge >= 0.3 is 0 Å². The fourth-order valence-electron chi connectivity index (χ4n) is 3.47. The highest BCUT2D eigenvalue weighted by Gasteiger charge is 2.25. The molecular weight excluding hydrogens is 302 g/mol. The first-order chi connectivity index (χ1) is 11.5. The Balaban J connectivity index is 2.05. The van der Waals surface area contributed by atoms with Crippen LogP contribution in [0.5, 0.6) is 0 Å². The molecule has 0 saturated carbocycles. The van der Waals surface area contributed by atoms with Gasteiger partial charge in [-0.2, -0.15) is 0 Å². The van der Waals surface area contributed by atoms with E-state index in [0.717, 1.165) is 69.1 Å². The summed E-state index contributed by atoms with van der Waals surface area (Å²) in [4.78, 5) is 19.5. The molecule has 5 nitrogen and oxygen atoms in total. The van der Waals surface area contributed by atoms with E-state index in [2.05, 4.69) is 37.7 Å². The first kappa shape index (κ1) is 19.0. The molecule has 0 spiro atoms. The second-order valence-electron chi connectivity index (χ2n) is 6.98.